The maximum Gasteiger partial charge on any atom is 0.231 e. The largest absolute Gasteiger partial charge is 0.493 e. The second kappa shape index (κ2) is 9.35. The molecule has 4 rings (SSSR count). The number of anilines is 2. The molecule has 3 aromatic rings. The van der Waals surface area contributed by atoms with Crippen molar-refractivity contribution in [3.63, 3.8) is 0 Å². The summed E-state index contributed by atoms with van der Waals surface area (Å²) in [5.74, 6) is 0.602. The Labute approximate surface area is 190 Å². The maximum absolute atomic E-state index is 12.7. The van der Waals surface area contributed by atoms with Gasteiger partial charge in [0.2, 0.25) is 16.9 Å². The number of aromatic nitrogens is 2. The van der Waals surface area contributed by atoms with Gasteiger partial charge in [-0.15, -0.1) is 10.2 Å². The van der Waals surface area contributed by atoms with Crippen molar-refractivity contribution in [1.82, 2.24) is 10.2 Å². The molecule has 0 saturated carbocycles. The fourth-order valence-electron chi connectivity index (χ4n) is 3.68. The molecule has 9 heteroatoms. The first-order valence-corrected chi connectivity index (χ1v) is 11.0. The van der Waals surface area contributed by atoms with Crippen molar-refractivity contribution >= 4 is 34.0 Å². The van der Waals surface area contributed by atoms with E-state index in [0.29, 0.717) is 29.6 Å². The number of ether oxygens (including phenoxy) is 2. The molecule has 2 heterocycles. The maximum atomic E-state index is 12.7. The van der Waals surface area contributed by atoms with Gasteiger partial charge in [0.25, 0.3) is 0 Å². The topological polar surface area (TPSA) is 93.7 Å². The molecule has 1 aliphatic rings. The Morgan fingerprint density at radius 1 is 1.16 bits per heavy atom. The molecule has 1 atom stereocenters. The predicted molar refractivity (Wildman–Crippen MR) is 123 cm³/mol. The van der Waals surface area contributed by atoms with Crippen LogP contribution in [0.4, 0.5) is 10.8 Å². The number of amides is 2. The van der Waals surface area contributed by atoms with Gasteiger partial charge in [-0.05, 0) is 42.3 Å². The minimum Gasteiger partial charge on any atom is -0.493 e. The average molecular weight is 453 g/mol. The molecule has 32 heavy (non-hydrogen) atoms. The van der Waals surface area contributed by atoms with Crippen molar-refractivity contribution in [3.05, 3.63) is 58.6 Å². The summed E-state index contributed by atoms with van der Waals surface area (Å²) < 4.78 is 10.6. The van der Waals surface area contributed by atoms with Crippen LogP contribution in [0.25, 0.3) is 0 Å². The van der Waals surface area contributed by atoms with E-state index < -0.39 is 5.92 Å². The van der Waals surface area contributed by atoms with Crippen LogP contribution in [0.2, 0.25) is 0 Å². The van der Waals surface area contributed by atoms with E-state index in [0.717, 1.165) is 21.8 Å². The second-order valence-electron chi connectivity index (χ2n) is 7.60. The van der Waals surface area contributed by atoms with E-state index in [9.17, 15) is 9.59 Å². The van der Waals surface area contributed by atoms with Gasteiger partial charge in [-0.1, -0.05) is 29.5 Å². The predicted octanol–water partition coefficient (Wildman–Crippen LogP) is 3.45. The lowest BCUT2D eigenvalue weighted by Crippen LogP contribution is -2.28. The quantitative estimate of drug-likeness (QED) is 0.590. The molecule has 1 aliphatic heterocycles. The molecule has 1 unspecified atom stereocenters. The van der Waals surface area contributed by atoms with Crippen LogP contribution in [-0.2, 0) is 16.0 Å². The molecule has 2 aromatic carbocycles. The van der Waals surface area contributed by atoms with Crippen LogP contribution in [0.3, 0.4) is 0 Å². The lowest BCUT2D eigenvalue weighted by molar-refractivity contribution is -0.122. The monoisotopic (exact) mass is 452 g/mol. The third-order valence-electron chi connectivity index (χ3n) is 5.31. The Bertz CT molecular complexity index is 1150. The van der Waals surface area contributed by atoms with E-state index in [1.165, 1.54) is 11.3 Å². The zero-order valence-electron chi connectivity index (χ0n) is 18.1. The molecular formula is C23H24N4O4S. The van der Waals surface area contributed by atoms with Gasteiger partial charge in [0.05, 0.1) is 20.1 Å². The van der Waals surface area contributed by atoms with E-state index in [4.69, 9.17) is 9.47 Å². The van der Waals surface area contributed by atoms with Crippen LogP contribution in [0.1, 0.15) is 22.6 Å². The molecule has 166 valence electrons. The van der Waals surface area contributed by atoms with E-state index >= 15 is 0 Å². The summed E-state index contributed by atoms with van der Waals surface area (Å²) in [5.41, 5.74) is 2.88. The highest BCUT2D eigenvalue weighted by atomic mass is 32.1. The van der Waals surface area contributed by atoms with Crippen LogP contribution in [0.5, 0.6) is 11.5 Å². The lowest BCUT2D eigenvalue weighted by Gasteiger charge is -2.17. The normalized spacial score (nSPS) is 15.7. The summed E-state index contributed by atoms with van der Waals surface area (Å²) in [7, 11) is 3.18. The van der Waals surface area contributed by atoms with Gasteiger partial charge in [-0.3, -0.25) is 9.59 Å². The van der Waals surface area contributed by atoms with Crippen molar-refractivity contribution in [3.8, 4) is 11.5 Å². The highest BCUT2D eigenvalue weighted by Crippen LogP contribution is 2.30. The van der Waals surface area contributed by atoms with Crippen LogP contribution in [-0.4, -0.2) is 42.8 Å². The first-order valence-electron chi connectivity index (χ1n) is 10.2. The third kappa shape index (κ3) is 4.72. The number of nitrogens with one attached hydrogen (secondary N) is 1. The number of rotatable bonds is 7. The molecular weight excluding hydrogens is 428 g/mol. The fraction of sp³-hybridized carbons (Fsp3) is 0.304. The van der Waals surface area contributed by atoms with E-state index in [1.54, 1.807) is 19.1 Å². The van der Waals surface area contributed by atoms with Gasteiger partial charge >= 0.3 is 0 Å². The average Bonchev–Trinajstić information content (AvgIpc) is 3.39. The third-order valence-corrected chi connectivity index (χ3v) is 6.15. The van der Waals surface area contributed by atoms with Crippen molar-refractivity contribution in [2.75, 3.05) is 31.0 Å². The summed E-state index contributed by atoms with van der Waals surface area (Å²) in [4.78, 5) is 26.9. The molecule has 0 aliphatic carbocycles. The molecule has 1 fully saturated rings. The van der Waals surface area contributed by atoms with Crippen molar-refractivity contribution in [1.29, 1.82) is 0 Å². The standard InChI is InChI=1S/C23H24N4O4S/c1-14-5-4-6-17(9-14)27-13-16(12-21(27)28)22(29)24-23-26-25-20(32-23)11-15-7-8-18(30-2)19(10-15)31-3/h4-10,16H,11-13H2,1-3H3,(H,24,26,29). The summed E-state index contributed by atoms with van der Waals surface area (Å²) >= 11 is 1.31. The zero-order chi connectivity index (χ0) is 22.7. The Balaban J connectivity index is 1.38. The number of methoxy groups -OCH3 is 2. The van der Waals surface area contributed by atoms with E-state index in [2.05, 4.69) is 15.5 Å². The van der Waals surface area contributed by atoms with Gasteiger partial charge in [-0.25, -0.2) is 0 Å². The molecule has 0 radical (unpaired) electrons. The number of hydrogen-bond donors (Lipinski definition) is 1. The van der Waals surface area contributed by atoms with Gasteiger partial charge in [-0.2, -0.15) is 0 Å². The lowest BCUT2D eigenvalue weighted by atomic mass is 10.1. The molecule has 1 saturated heterocycles. The second-order valence-corrected chi connectivity index (χ2v) is 8.66. The Hall–Kier alpha value is -3.46. The van der Waals surface area contributed by atoms with Crippen LogP contribution >= 0.6 is 11.3 Å². The zero-order valence-corrected chi connectivity index (χ0v) is 18.9. The van der Waals surface area contributed by atoms with E-state index in [-0.39, 0.29) is 18.2 Å². The number of aryl methyl sites for hydroxylation is 1. The summed E-state index contributed by atoms with van der Waals surface area (Å²) in [5, 5.41) is 12.3. The molecule has 1 aromatic heterocycles. The Kier molecular flexibility index (Phi) is 6.36. The minimum absolute atomic E-state index is 0.0536. The molecule has 0 spiro atoms. The summed E-state index contributed by atoms with van der Waals surface area (Å²) in [6.45, 7) is 2.33. The number of nitrogens with zero attached hydrogens (tertiary/aromatic N) is 3. The van der Waals surface area contributed by atoms with Crippen LogP contribution in [0.15, 0.2) is 42.5 Å². The van der Waals surface area contributed by atoms with E-state index in [1.807, 2.05) is 49.4 Å². The van der Waals surface area contributed by atoms with Crippen LogP contribution in [0, 0.1) is 12.8 Å². The first kappa shape index (κ1) is 21.8. The van der Waals surface area contributed by atoms with Crippen molar-refractivity contribution in [2.45, 2.75) is 19.8 Å². The van der Waals surface area contributed by atoms with Crippen molar-refractivity contribution in [2.24, 2.45) is 5.92 Å². The molecule has 8 nitrogen and oxygen atoms in total. The minimum atomic E-state index is -0.429. The Morgan fingerprint density at radius 2 is 1.97 bits per heavy atom. The molecule has 2 amide bonds. The number of benzene rings is 2. The van der Waals surface area contributed by atoms with Gasteiger partial charge < -0.3 is 19.7 Å². The van der Waals surface area contributed by atoms with Gasteiger partial charge in [0.15, 0.2) is 11.5 Å². The Morgan fingerprint density at radius 3 is 2.72 bits per heavy atom. The van der Waals surface area contributed by atoms with Crippen LogP contribution < -0.4 is 19.7 Å². The number of carbonyl (C=O) groups is 2. The molecule has 0 bridgehead atoms. The highest BCUT2D eigenvalue weighted by molar-refractivity contribution is 7.15. The number of hydrogen-bond acceptors (Lipinski definition) is 7. The SMILES string of the molecule is COc1ccc(Cc2nnc(NC(=O)C3CC(=O)N(c4cccc(C)c4)C3)s2)cc1OC. The summed E-state index contributed by atoms with van der Waals surface area (Å²) in [6, 6.07) is 13.4. The van der Waals surface area contributed by atoms with Crippen molar-refractivity contribution < 1.29 is 19.1 Å². The van der Waals surface area contributed by atoms with Gasteiger partial charge in [0.1, 0.15) is 5.01 Å². The summed E-state index contributed by atoms with van der Waals surface area (Å²) in [6.07, 6.45) is 0.730. The van der Waals surface area contributed by atoms with Gasteiger partial charge in [0, 0.05) is 25.1 Å². The smallest absolute Gasteiger partial charge is 0.231 e. The first-order chi connectivity index (χ1) is 15.5. The molecule has 1 N–H and O–H groups in total. The fourth-order valence-corrected chi connectivity index (χ4v) is 4.45. The number of carbonyl (C=O) groups excluding carboxylic acids is 2. The highest BCUT2D eigenvalue weighted by Gasteiger charge is 2.35.